The molecule has 0 saturated heterocycles. The molecule has 1 heterocycles. The van der Waals surface area contributed by atoms with Crippen molar-refractivity contribution in [1.82, 2.24) is 14.9 Å². The number of carboxylic acids is 1. The summed E-state index contributed by atoms with van der Waals surface area (Å²) in [6, 6.07) is 4.13. The number of carbonyl (C=O) groups is 2. The lowest BCUT2D eigenvalue weighted by Crippen LogP contribution is -2.45. The molecule has 0 aliphatic rings. The summed E-state index contributed by atoms with van der Waals surface area (Å²) in [6.07, 6.45) is 0.673. The Bertz CT molecular complexity index is 641. The molecule has 2 atom stereocenters. The van der Waals surface area contributed by atoms with Crippen LogP contribution in [-0.4, -0.2) is 32.6 Å². The molecule has 1 aromatic carbocycles. The van der Waals surface area contributed by atoms with Gasteiger partial charge in [0.05, 0.1) is 4.70 Å². The van der Waals surface area contributed by atoms with Gasteiger partial charge in [0, 0.05) is 5.56 Å². The molecule has 0 bridgehead atoms. The van der Waals surface area contributed by atoms with Gasteiger partial charge < -0.3 is 10.4 Å². The lowest BCUT2D eigenvalue weighted by atomic mass is 9.99. The summed E-state index contributed by atoms with van der Waals surface area (Å²) in [6.45, 7) is 3.69. The van der Waals surface area contributed by atoms with Crippen molar-refractivity contribution in [1.29, 1.82) is 0 Å². The van der Waals surface area contributed by atoms with Crippen LogP contribution in [0.4, 0.5) is 0 Å². The molecule has 0 radical (unpaired) electrons. The van der Waals surface area contributed by atoms with Gasteiger partial charge in [-0.05, 0) is 35.6 Å². The summed E-state index contributed by atoms with van der Waals surface area (Å²) in [5.74, 6) is -1.57. The maximum Gasteiger partial charge on any atom is 0.326 e. The van der Waals surface area contributed by atoms with Gasteiger partial charge in [0.1, 0.15) is 11.6 Å². The Morgan fingerprint density at radius 3 is 2.85 bits per heavy atom. The van der Waals surface area contributed by atoms with Crippen molar-refractivity contribution >= 4 is 33.6 Å². The van der Waals surface area contributed by atoms with Crippen LogP contribution >= 0.6 is 11.5 Å². The van der Waals surface area contributed by atoms with Crippen molar-refractivity contribution in [2.45, 2.75) is 26.3 Å². The average Bonchev–Trinajstić information content (AvgIpc) is 2.90. The fourth-order valence-corrected chi connectivity index (χ4v) is 2.37. The second-order valence-electron chi connectivity index (χ2n) is 4.63. The molecule has 2 N–H and O–H groups in total. The molecule has 1 aromatic heterocycles. The third-order valence-corrected chi connectivity index (χ3v) is 3.98. The minimum Gasteiger partial charge on any atom is -0.480 e. The molecule has 0 unspecified atom stereocenters. The molecule has 2 aromatic rings. The number of hydrogen-bond acceptors (Lipinski definition) is 5. The number of fused-ring (bicyclic) bond motifs is 1. The van der Waals surface area contributed by atoms with Crippen molar-refractivity contribution in [3.8, 4) is 0 Å². The first-order valence-corrected chi connectivity index (χ1v) is 7.06. The lowest BCUT2D eigenvalue weighted by molar-refractivity contribution is -0.140. The first kappa shape index (κ1) is 14.4. The Morgan fingerprint density at radius 2 is 2.20 bits per heavy atom. The van der Waals surface area contributed by atoms with E-state index in [2.05, 4.69) is 14.9 Å². The van der Waals surface area contributed by atoms with Gasteiger partial charge in [-0.25, -0.2) is 4.79 Å². The highest BCUT2D eigenvalue weighted by molar-refractivity contribution is 7.12. The predicted octanol–water partition coefficient (Wildman–Crippen LogP) is 1.92. The molecule has 0 aliphatic carbocycles. The number of aromatic nitrogens is 2. The summed E-state index contributed by atoms with van der Waals surface area (Å²) < 4.78 is 4.69. The number of benzene rings is 1. The third kappa shape index (κ3) is 2.93. The number of rotatable bonds is 5. The monoisotopic (exact) mass is 293 g/mol. The van der Waals surface area contributed by atoms with Crippen LogP contribution in [0.2, 0.25) is 0 Å². The number of hydrogen-bond donors (Lipinski definition) is 2. The third-order valence-electron chi connectivity index (χ3n) is 3.27. The van der Waals surface area contributed by atoms with Gasteiger partial charge >= 0.3 is 5.97 Å². The highest BCUT2D eigenvalue weighted by Gasteiger charge is 2.25. The van der Waals surface area contributed by atoms with E-state index in [0.717, 1.165) is 4.70 Å². The molecular formula is C13H15N3O3S. The summed E-state index contributed by atoms with van der Waals surface area (Å²) in [4.78, 5) is 23.3. The van der Waals surface area contributed by atoms with Gasteiger partial charge in [-0.3, -0.25) is 4.79 Å². The second-order valence-corrected chi connectivity index (χ2v) is 5.42. The zero-order valence-corrected chi connectivity index (χ0v) is 12.0. The number of carbonyl (C=O) groups excluding carboxylic acids is 1. The highest BCUT2D eigenvalue weighted by Crippen LogP contribution is 2.17. The normalized spacial score (nSPS) is 13.9. The molecule has 1 amide bonds. The fraction of sp³-hybridized carbons (Fsp3) is 0.385. The summed E-state index contributed by atoms with van der Waals surface area (Å²) in [7, 11) is 0. The van der Waals surface area contributed by atoms with Gasteiger partial charge in [0.25, 0.3) is 5.91 Å². The minimum atomic E-state index is -1.02. The summed E-state index contributed by atoms with van der Waals surface area (Å²) >= 11 is 1.25. The van der Waals surface area contributed by atoms with Gasteiger partial charge in [0.2, 0.25) is 0 Å². The maximum absolute atomic E-state index is 12.1. The summed E-state index contributed by atoms with van der Waals surface area (Å²) in [5, 5.41) is 15.6. The number of carboxylic acid groups (broad SMARTS) is 1. The Labute approximate surface area is 120 Å². The topological polar surface area (TPSA) is 92.2 Å². The number of nitrogens with zero attached hydrogens (tertiary/aromatic N) is 2. The molecule has 6 nitrogen and oxygen atoms in total. The quantitative estimate of drug-likeness (QED) is 0.878. The zero-order chi connectivity index (χ0) is 14.7. The second kappa shape index (κ2) is 5.96. The van der Waals surface area contributed by atoms with Gasteiger partial charge in [-0.15, -0.1) is 5.10 Å². The van der Waals surface area contributed by atoms with E-state index in [-0.39, 0.29) is 5.92 Å². The molecule has 2 rings (SSSR count). The van der Waals surface area contributed by atoms with Gasteiger partial charge in [-0.1, -0.05) is 24.8 Å². The van der Waals surface area contributed by atoms with Crippen LogP contribution in [0.15, 0.2) is 18.2 Å². The van der Waals surface area contributed by atoms with Gasteiger partial charge in [-0.2, -0.15) is 0 Å². The van der Waals surface area contributed by atoms with Gasteiger partial charge in [0.15, 0.2) is 0 Å². The Hall–Kier alpha value is -2.02. The average molecular weight is 293 g/mol. The smallest absolute Gasteiger partial charge is 0.326 e. The molecule has 0 fully saturated rings. The van der Waals surface area contributed by atoms with E-state index in [4.69, 9.17) is 0 Å². The Kier molecular flexibility index (Phi) is 4.29. The van der Waals surface area contributed by atoms with E-state index in [1.165, 1.54) is 11.5 Å². The van der Waals surface area contributed by atoms with Crippen LogP contribution in [0.1, 0.15) is 30.6 Å². The van der Waals surface area contributed by atoms with Crippen LogP contribution < -0.4 is 5.32 Å². The minimum absolute atomic E-state index is 0.138. The Morgan fingerprint density at radius 1 is 1.45 bits per heavy atom. The maximum atomic E-state index is 12.1. The number of nitrogens with one attached hydrogen (secondary N) is 1. The molecule has 106 valence electrons. The van der Waals surface area contributed by atoms with Crippen molar-refractivity contribution < 1.29 is 14.7 Å². The Balaban J connectivity index is 2.19. The number of amides is 1. The van der Waals surface area contributed by atoms with Crippen molar-refractivity contribution in [2.24, 2.45) is 5.92 Å². The first-order chi connectivity index (χ1) is 9.52. The molecule has 0 aliphatic heterocycles. The fourth-order valence-electron chi connectivity index (χ4n) is 1.83. The molecule has 20 heavy (non-hydrogen) atoms. The zero-order valence-electron chi connectivity index (χ0n) is 11.2. The molecule has 0 spiro atoms. The van der Waals surface area contributed by atoms with Crippen LogP contribution in [-0.2, 0) is 4.79 Å². The van der Waals surface area contributed by atoms with E-state index in [9.17, 15) is 14.7 Å². The summed E-state index contributed by atoms with van der Waals surface area (Å²) in [5.41, 5.74) is 1.03. The predicted molar refractivity (Wildman–Crippen MR) is 75.8 cm³/mol. The van der Waals surface area contributed by atoms with Crippen molar-refractivity contribution in [2.75, 3.05) is 0 Å². The highest BCUT2D eigenvalue weighted by atomic mass is 32.1. The van der Waals surface area contributed by atoms with Crippen LogP contribution in [0.3, 0.4) is 0 Å². The van der Waals surface area contributed by atoms with E-state index >= 15 is 0 Å². The standard InChI is InChI=1S/C13H15N3O3S/c1-3-7(2)11(13(18)19)14-12(17)8-4-5-10-9(6-8)15-16-20-10/h4-7,11H,3H2,1-2H3,(H,14,17)(H,18,19)/t7-,11+/m0/s1. The SMILES string of the molecule is CC[C@H](C)[C@@H](NC(=O)c1ccc2snnc2c1)C(=O)O. The van der Waals surface area contributed by atoms with Crippen molar-refractivity contribution in [3.63, 3.8) is 0 Å². The molecule has 7 heteroatoms. The van der Waals surface area contributed by atoms with Crippen molar-refractivity contribution in [3.05, 3.63) is 23.8 Å². The van der Waals surface area contributed by atoms with Crippen LogP contribution in [0, 0.1) is 5.92 Å². The molecular weight excluding hydrogens is 278 g/mol. The lowest BCUT2D eigenvalue weighted by Gasteiger charge is -2.20. The number of aliphatic carboxylic acids is 1. The van der Waals surface area contributed by atoms with E-state index in [1.807, 2.05) is 6.92 Å². The largest absolute Gasteiger partial charge is 0.480 e. The van der Waals surface area contributed by atoms with E-state index < -0.39 is 17.9 Å². The van der Waals surface area contributed by atoms with E-state index in [0.29, 0.717) is 17.5 Å². The van der Waals surface area contributed by atoms with Crippen LogP contribution in [0.25, 0.3) is 10.2 Å². The van der Waals surface area contributed by atoms with Crippen LogP contribution in [0.5, 0.6) is 0 Å². The van der Waals surface area contributed by atoms with E-state index in [1.54, 1.807) is 25.1 Å². The molecule has 0 saturated carbocycles. The first-order valence-electron chi connectivity index (χ1n) is 6.28.